The first-order valence-electron chi connectivity index (χ1n) is 6.99. The van der Waals surface area contributed by atoms with E-state index in [1.807, 2.05) is 11.4 Å². The van der Waals surface area contributed by atoms with Gasteiger partial charge in [-0.3, -0.25) is 9.69 Å². The van der Waals surface area contributed by atoms with E-state index in [1.54, 1.807) is 23.2 Å². The largest absolute Gasteiger partial charge is 0.415 e. The number of nitrogens with zero attached hydrogens (tertiary/aromatic N) is 2. The van der Waals surface area contributed by atoms with Gasteiger partial charge in [-0.1, -0.05) is 0 Å². The van der Waals surface area contributed by atoms with Crippen LogP contribution in [-0.2, 0) is 17.8 Å². The van der Waals surface area contributed by atoms with Gasteiger partial charge in [0, 0.05) is 24.5 Å². The molecule has 0 bridgehead atoms. The fourth-order valence-corrected chi connectivity index (χ4v) is 3.31. The molecule has 0 aromatic carbocycles. The second-order valence-corrected chi connectivity index (χ2v) is 6.55. The molecule has 0 saturated heterocycles. The van der Waals surface area contributed by atoms with Crippen molar-refractivity contribution in [1.82, 2.24) is 9.80 Å². The third kappa shape index (κ3) is 3.80. The Balaban J connectivity index is 1.95. The van der Waals surface area contributed by atoms with Crippen LogP contribution < -0.4 is 0 Å². The van der Waals surface area contributed by atoms with Crippen LogP contribution in [0.1, 0.15) is 17.4 Å². The minimum Gasteiger partial charge on any atom is -0.382 e. The second-order valence-electron chi connectivity index (χ2n) is 5.55. The SMILES string of the molecule is CC(C(=O)N1CCc2sccc2C1)N(C)CC(O)C(F)(F)F. The molecule has 1 aliphatic rings. The summed E-state index contributed by atoms with van der Waals surface area (Å²) in [6.07, 6.45) is -6.34. The normalized spacial score (nSPS) is 18.2. The monoisotopic (exact) mass is 336 g/mol. The lowest BCUT2D eigenvalue weighted by atomic mass is 10.1. The number of carbonyl (C=O) groups is 1. The zero-order valence-corrected chi connectivity index (χ0v) is 13.2. The molecule has 8 heteroatoms. The van der Waals surface area contributed by atoms with E-state index in [9.17, 15) is 18.0 Å². The van der Waals surface area contributed by atoms with Crippen molar-refractivity contribution in [2.24, 2.45) is 0 Å². The first-order chi connectivity index (χ1) is 10.2. The molecule has 0 spiro atoms. The van der Waals surface area contributed by atoms with E-state index in [0.717, 1.165) is 12.0 Å². The lowest BCUT2D eigenvalue weighted by molar-refractivity contribution is -0.208. The summed E-state index contributed by atoms with van der Waals surface area (Å²) in [6.45, 7) is 2.02. The fraction of sp³-hybridized carbons (Fsp3) is 0.643. The lowest BCUT2D eigenvalue weighted by Gasteiger charge is -2.33. The predicted molar refractivity (Wildman–Crippen MR) is 77.6 cm³/mol. The molecule has 1 aliphatic heterocycles. The van der Waals surface area contributed by atoms with Crippen LogP contribution in [0.25, 0.3) is 0 Å². The predicted octanol–water partition coefficient (Wildman–Crippen LogP) is 1.88. The third-order valence-corrected chi connectivity index (χ3v) is 5.00. The molecule has 124 valence electrons. The zero-order chi connectivity index (χ0) is 16.5. The smallest absolute Gasteiger partial charge is 0.382 e. The van der Waals surface area contributed by atoms with Crippen molar-refractivity contribution in [3.63, 3.8) is 0 Å². The van der Waals surface area contributed by atoms with Crippen molar-refractivity contribution >= 4 is 17.2 Å². The molecule has 1 amide bonds. The highest BCUT2D eigenvalue weighted by Gasteiger charge is 2.40. The van der Waals surface area contributed by atoms with E-state index >= 15 is 0 Å². The summed E-state index contributed by atoms with van der Waals surface area (Å²) in [6, 6.07) is 1.26. The number of aliphatic hydroxyl groups excluding tert-OH is 1. The molecule has 1 aromatic heterocycles. The van der Waals surface area contributed by atoms with Gasteiger partial charge in [0.25, 0.3) is 0 Å². The molecule has 0 radical (unpaired) electrons. The molecule has 1 N–H and O–H groups in total. The molecule has 2 heterocycles. The number of hydrogen-bond acceptors (Lipinski definition) is 4. The van der Waals surface area contributed by atoms with Crippen molar-refractivity contribution < 1.29 is 23.1 Å². The minimum atomic E-state index is -4.67. The van der Waals surface area contributed by atoms with Crippen LogP contribution in [0.3, 0.4) is 0 Å². The van der Waals surface area contributed by atoms with Crippen molar-refractivity contribution in [2.75, 3.05) is 20.1 Å². The number of rotatable bonds is 4. The van der Waals surface area contributed by atoms with Gasteiger partial charge in [0.05, 0.1) is 6.04 Å². The summed E-state index contributed by atoms with van der Waals surface area (Å²) in [4.78, 5) is 16.6. The number of halogens is 3. The van der Waals surface area contributed by atoms with Crippen LogP contribution in [0.5, 0.6) is 0 Å². The van der Waals surface area contributed by atoms with Crippen molar-refractivity contribution in [2.45, 2.75) is 38.2 Å². The van der Waals surface area contributed by atoms with Crippen LogP contribution in [-0.4, -0.2) is 59.3 Å². The van der Waals surface area contributed by atoms with Crippen LogP contribution >= 0.6 is 11.3 Å². The Labute approximate surface area is 131 Å². The van der Waals surface area contributed by atoms with E-state index in [4.69, 9.17) is 5.11 Å². The molecule has 2 rings (SSSR count). The van der Waals surface area contributed by atoms with Crippen molar-refractivity contribution in [3.05, 3.63) is 21.9 Å². The Bertz CT molecular complexity index is 532. The van der Waals surface area contributed by atoms with Crippen molar-refractivity contribution in [1.29, 1.82) is 0 Å². The minimum absolute atomic E-state index is 0.214. The van der Waals surface area contributed by atoms with Crippen LogP contribution in [0.15, 0.2) is 11.4 Å². The quantitative estimate of drug-likeness (QED) is 0.913. The van der Waals surface area contributed by atoms with E-state index < -0.39 is 24.9 Å². The van der Waals surface area contributed by atoms with Gasteiger partial charge in [0.15, 0.2) is 6.10 Å². The number of hydrogen-bond donors (Lipinski definition) is 1. The molecule has 2 atom stereocenters. The van der Waals surface area contributed by atoms with Crippen molar-refractivity contribution in [3.8, 4) is 0 Å². The maximum absolute atomic E-state index is 12.4. The van der Waals surface area contributed by atoms with Gasteiger partial charge in [-0.25, -0.2) is 0 Å². The molecule has 0 aliphatic carbocycles. The second kappa shape index (κ2) is 6.55. The third-order valence-electron chi connectivity index (χ3n) is 3.98. The summed E-state index contributed by atoms with van der Waals surface area (Å²) in [7, 11) is 1.41. The van der Waals surface area contributed by atoms with E-state index in [0.29, 0.717) is 13.1 Å². The zero-order valence-electron chi connectivity index (χ0n) is 12.4. The lowest BCUT2D eigenvalue weighted by Crippen LogP contribution is -2.50. The highest BCUT2D eigenvalue weighted by Crippen LogP contribution is 2.25. The molecule has 0 saturated carbocycles. The Kier molecular flexibility index (Phi) is 5.14. The summed E-state index contributed by atoms with van der Waals surface area (Å²) < 4.78 is 37.2. The number of alkyl halides is 3. The molecule has 2 unspecified atom stereocenters. The summed E-state index contributed by atoms with van der Waals surface area (Å²) in [5.41, 5.74) is 1.11. The molecule has 1 aromatic rings. The number of likely N-dealkylation sites (N-methyl/N-ethyl adjacent to an activating group) is 1. The van der Waals surface area contributed by atoms with Gasteiger partial charge in [-0.2, -0.15) is 13.2 Å². The molecule has 0 fully saturated rings. The topological polar surface area (TPSA) is 43.8 Å². The van der Waals surface area contributed by atoms with Crippen LogP contribution in [0.4, 0.5) is 13.2 Å². The van der Waals surface area contributed by atoms with Gasteiger partial charge in [-0.15, -0.1) is 11.3 Å². The maximum atomic E-state index is 12.4. The highest BCUT2D eigenvalue weighted by molar-refractivity contribution is 7.10. The Morgan fingerprint density at radius 2 is 2.23 bits per heavy atom. The molecular weight excluding hydrogens is 317 g/mol. The summed E-state index contributed by atoms with van der Waals surface area (Å²) in [5.74, 6) is -0.214. The van der Waals surface area contributed by atoms with Gasteiger partial charge in [0.2, 0.25) is 5.91 Å². The van der Waals surface area contributed by atoms with E-state index in [2.05, 4.69) is 0 Å². The maximum Gasteiger partial charge on any atom is 0.415 e. The Hall–Kier alpha value is -1.12. The van der Waals surface area contributed by atoms with Gasteiger partial charge in [0.1, 0.15) is 0 Å². The number of amides is 1. The fourth-order valence-electron chi connectivity index (χ4n) is 2.42. The van der Waals surface area contributed by atoms with Gasteiger partial charge in [-0.05, 0) is 37.4 Å². The highest BCUT2D eigenvalue weighted by atomic mass is 32.1. The molecule has 4 nitrogen and oxygen atoms in total. The first-order valence-corrected chi connectivity index (χ1v) is 7.87. The Morgan fingerprint density at radius 1 is 1.55 bits per heavy atom. The standard InChI is InChI=1S/C14H19F3N2O2S/c1-9(18(2)8-12(20)14(15,16)17)13(21)19-5-3-11-10(7-19)4-6-22-11/h4,6,9,12,20H,3,5,7-8H2,1-2H3. The average Bonchev–Trinajstić information content (AvgIpc) is 2.91. The first kappa shape index (κ1) is 17.2. The summed E-state index contributed by atoms with van der Waals surface area (Å²) >= 11 is 1.66. The van der Waals surface area contributed by atoms with E-state index in [-0.39, 0.29) is 5.91 Å². The van der Waals surface area contributed by atoms with Gasteiger partial charge >= 0.3 is 6.18 Å². The average molecular weight is 336 g/mol. The summed E-state index contributed by atoms with van der Waals surface area (Å²) in [5, 5.41) is 11.1. The molecular formula is C14H19F3N2O2S. The number of carbonyl (C=O) groups excluding carboxylic acids is 1. The van der Waals surface area contributed by atoms with Crippen LogP contribution in [0.2, 0.25) is 0 Å². The number of thiophene rings is 1. The van der Waals surface area contributed by atoms with E-state index in [1.165, 1.54) is 16.8 Å². The Morgan fingerprint density at radius 3 is 2.86 bits per heavy atom. The number of fused-ring (bicyclic) bond motifs is 1. The van der Waals surface area contributed by atoms with Gasteiger partial charge < -0.3 is 10.0 Å². The number of aliphatic hydroxyl groups is 1. The van der Waals surface area contributed by atoms with Crippen LogP contribution in [0, 0.1) is 0 Å². The molecule has 22 heavy (non-hydrogen) atoms.